The van der Waals surface area contributed by atoms with E-state index in [0.717, 1.165) is 78.2 Å². The maximum absolute atomic E-state index is 12.6. The molecule has 3 aliphatic heterocycles. The van der Waals surface area contributed by atoms with Crippen LogP contribution < -0.4 is 0 Å². The molecule has 0 saturated carbocycles. The molecule has 5 nitrogen and oxygen atoms in total. The van der Waals surface area contributed by atoms with Crippen molar-refractivity contribution in [1.82, 2.24) is 14.7 Å². The van der Waals surface area contributed by atoms with Crippen LogP contribution in [0.3, 0.4) is 0 Å². The van der Waals surface area contributed by atoms with Crippen LogP contribution >= 0.6 is 0 Å². The molecular weight excluding hydrogens is 266 g/mol. The Balaban J connectivity index is 1.45. The highest BCUT2D eigenvalue weighted by molar-refractivity contribution is 5.79. The largest absolute Gasteiger partial charge is 0.379 e. The van der Waals surface area contributed by atoms with E-state index >= 15 is 0 Å². The number of hydrogen-bond acceptors (Lipinski definition) is 4. The van der Waals surface area contributed by atoms with E-state index in [1.165, 1.54) is 0 Å². The van der Waals surface area contributed by atoms with Crippen molar-refractivity contribution in [3.8, 4) is 0 Å². The standard InChI is InChI=1S/C16H29N3O2/c1-17-6-2-14(3-7-17)16(20)19-8-4-15(5-9-19)18-10-12-21-13-11-18/h14-15H,2-13H2,1H3. The molecule has 0 aromatic carbocycles. The summed E-state index contributed by atoms with van der Waals surface area (Å²) < 4.78 is 5.43. The van der Waals surface area contributed by atoms with Gasteiger partial charge in [0.1, 0.15) is 0 Å². The van der Waals surface area contributed by atoms with Crippen molar-refractivity contribution in [2.45, 2.75) is 31.7 Å². The highest BCUT2D eigenvalue weighted by atomic mass is 16.5. The normalized spacial score (nSPS) is 28.0. The molecule has 0 N–H and O–H groups in total. The fourth-order valence-corrected chi connectivity index (χ4v) is 3.91. The Morgan fingerprint density at radius 1 is 0.905 bits per heavy atom. The van der Waals surface area contributed by atoms with Crippen LogP contribution in [0.5, 0.6) is 0 Å². The Morgan fingerprint density at radius 2 is 1.52 bits per heavy atom. The first kappa shape index (κ1) is 15.3. The summed E-state index contributed by atoms with van der Waals surface area (Å²) in [5.41, 5.74) is 0. The molecule has 0 spiro atoms. The van der Waals surface area contributed by atoms with Crippen LogP contribution in [0.15, 0.2) is 0 Å². The van der Waals surface area contributed by atoms with Gasteiger partial charge >= 0.3 is 0 Å². The maximum Gasteiger partial charge on any atom is 0.225 e. The van der Waals surface area contributed by atoms with Crippen molar-refractivity contribution in [3.63, 3.8) is 0 Å². The molecule has 0 bridgehead atoms. The number of amides is 1. The Labute approximate surface area is 128 Å². The Bertz CT molecular complexity index is 341. The minimum Gasteiger partial charge on any atom is -0.379 e. The molecule has 0 unspecified atom stereocenters. The van der Waals surface area contributed by atoms with E-state index < -0.39 is 0 Å². The zero-order chi connectivity index (χ0) is 14.7. The second-order valence-electron chi connectivity index (χ2n) is 6.78. The average molecular weight is 295 g/mol. The maximum atomic E-state index is 12.6. The van der Waals surface area contributed by atoms with E-state index in [9.17, 15) is 4.79 Å². The van der Waals surface area contributed by atoms with Gasteiger partial charge in [-0.25, -0.2) is 0 Å². The number of carbonyl (C=O) groups excluding carboxylic acids is 1. The van der Waals surface area contributed by atoms with Gasteiger partial charge in [-0.3, -0.25) is 9.69 Å². The van der Waals surface area contributed by atoms with Gasteiger partial charge in [-0.15, -0.1) is 0 Å². The average Bonchev–Trinajstić information content (AvgIpc) is 2.56. The van der Waals surface area contributed by atoms with Crippen molar-refractivity contribution in [3.05, 3.63) is 0 Å². The summed E-state index contributed by atoms with van der Waals surface area (Å²) in [5.74, 6) is 0.699. The highest BCUT2D eigenvalue weighted by Crippen LogP contribution is 2.23. The molecule has 0 atom stereocenters. The van der Waals surface area contributed by atoms with Gasteiger partial charge in [0, 0.05) is 38.1 Å². The summed E-state index contributed by atoms with van der Waals surface area (Å²) in [6, 6.07) is 0.662. The number of carbonyl (C=O) groups is 1. The molecule has 0 aromatic rings. The quantitative estimate of drug-likeness (QED) is 0.749. The number of piperidine rings is 2. The summed E-state index contributed by atoms with van der Waals surface area (Å²) in [4.78, 5) is 19.6. The van der Waals surface area contributed by atoms with E-state index in [1.54, 1.807) is 0 Å². The van der Waals surface area contributed by atoms with Gasteiger partial charge in [0.05, 0.1) is 13.2 Å². The fourth-order valence-electron chi connectivity index (χ4n) is 3.91. The number of morpholine rings is 1. The topological polar surface area (TPSA) is 36.0 Å². The van der Waals surface area contributed by atoms with Gasteiger partial charge in [-0.2, -0.15) is 0 Å². The number of rotatable bonds is 2. The van der Waals surface area contributed by atoms with Crippen molar-refractivity contribution < 1.29 is 9.53 Å². The third-order valence-corrected chi connectivity index (χ3v) is 5.41. The molecule has 3 fully saturated rings. The molecule has 21 heavy (non-hydrogen) atoms. The molecule has 5 heteroatoms. The van der Waals surface area contributed by atoms with E-state index in [4.69, 9.17) is 4.74 Å². The zero-order valence-corrected chi connectivity index (χ0v) is 13.3. The molecule has 3 rings (SSSR count). The van der Waals surface area contributed by atoms with Crippen LogP contribution in [-0.2, 0) is 9.53 Å². The molecule has 0 aromatic heterocycles. The smallest absolute Gasteiger partial charge is 0.225 e. The van der Waals surface area contributed by atoms with E-state index in [2.05, 4.69) is 21.7 Å². The van der Waals surface area contributed by atoms with Crippen LogP contribution in [0.2, 0.25) is 0 Å². The molecular formula is C16H29N3O2. The lowest BCUT2D eigenvalue weighted by molar-refractivity contribution is -0.138. The second-order valence-corrected chi connectivity index (χ2v) is 6.78. The van der Waals surface area contributed by atoms with Crippen LogP contribution in [0.25, 0.3) is 0 Å². The lowest BCUT2D eigenvalue weighted by Crippen LogP contribution is -2.51. The summed E-state index contributed by atoms with van der Waals surface area (Å²) >= 11 is 0. The summed E-state index contributed by atoms with van der Waals surface area (Å²) in [7, 11) is 2.15. The number of hydrogen-bond donors (Lipinski definition) is 0. The molecule has 3 aliphatic rings. The molecule has 0 aliphatic carbocycles. The lowest BCUT2D eigenvalue weighted by Gasteiger charge is -2.41. The van der Waals surface area contributed by atoms with E-state index in [-0.39, 0.29) is 5.92 Å². The third-order valence-electron chi connectivity index (χ3n) is 5.41. The summed E-state index contributed by atoms with van der Waals surface area (Å²) in [6.07, 6.45) is 4.36. The summed E-state index contributed by atoms with van der Waals surface area (Å²) in [5, 5.41) is 0. The van der Waals surface area contributed by atoms with Crippen molar-refractivity contribution in [2.24, 2.45) is 5.92 Å². The second kappa shape index (κ2) is 7.07. The monoisotopic (exact) mass is 295 g/mol. The van der Waals surface area contributed by atoms with Gasteiger partial charge in [0.25, 0.3) is 0 Å². The Hall–Kier alpha value is -0.650. The van der Waals surface area contributed by atoms with Crippen molar-refractivity contribution >= 4 is 5.91 Å². The van der Waals surface area contributed by atoms with E-state index in [1.807, 2.05) is 0 Å². The highest BCUT2D eigenvalue weighted by Gasteiger charge is 2.32. The molecule has 1 amide bonds. The predicted octanol–water partition coefficient (Wildman–Crippen LogP) is 0.651. The van der Waals surface area contributed by atoms with Crippen LogP contribution in [0, 0.1) is 5.92 Å². The predicted molar refractivity (Wildman–Crippen MR) is 82.2 cm³/mol. The minimum absolute atomic E-state index is 0.279. The number of ether oxygens (including phenoxy) is 1. The minimum atomic E-state index is 0.279. The molecule has 0 radical (unpaired) electrons. The van der Waals surface area contributed by atoms with Crippen molar-refractivity contribution in [2.75, 3.05) is 59.5 Å². The van der Waals surface area contributed by atoms with Crippen molar-refractivity contribution in [1.29, 1.82) is 0 Å². The summed E-state index contributed by atoms with van der Waals surface area (Å²) in [6.45, 7) is 7.91. The Morgan fingerprint density at radius 3 is 2.14 bits per heavy atom. The van der Waals surface area contributed by atoms with E-state index in [0.29, 0.717) is 11.9 Å². The van der Waals surface area contributed by atoms with Crippen LogP contribution in [-0.4, -0.2) is 86.2 Å². The first-order valence-electron chi connectivity index (χ1n) is 8.53. The van der Waals surface area contributed by atoms with Gasteiger partial charge in [0.15, 0.2) is 0 Å². The molecule has 3 heterocycles. The van der Waals surface area contributed by atoms with Crippen LogP contribution in [0.4, 0.5) is 0 Å². The number of likely N-dealkylation sites (tertiary alicyclic amines) is 2. The first-order chi connectivity index (χ1) is 10.2. The van der Waals surface area contributed by atoms with Gasteiger partial charge in [-0.1, -0.05) is 0 Å². The SMILES string of the molecule is CN1CCC(C(=O)N2CCC(N3CCOCC3)CC2)CC1. The van der Waals surface area contributed by atoms with Gasteiger partial charge in [0.2, 0.25) is 5.91 Å². The van der Waals surface area contributed by atoms with Gasteiger partial charge in [-0.05, 0) is 45.8 Å². The third kappa shape index (κ3) is 3.76. The van der Waals surface area contributed by atoms with Gasteiger partial charge < -0.3 is 14.5 Å². The van der Waals surface area contributed by atoms with Crippen LogP contribution in [0.1, 0.15) is 25.7 Å². The zero-order valence-electron chi connectivity index (χ0n) is 13.3. The fraction of sp³-hybridized carbons (Fsp3) is 0.938. The first-order valence-corrected chi connectivity index (χ1v) is 8.53. The Kier molecular flexibility index (Phi) is 5.14. The molecule has 3 saturated heterocycles. The molecule has 120 valence electrons. The lowest BCUT2D eigenvalue weighted by atomic mass is 9.94. The number of nitrogens with zero attached hydrogens (tertiary/aromatic N) is 3.